The Hall–Kier alpha value is -2.14. The molecule has 0 aliphatic heterocycles. The third-order valence-corrected chi connectivity index (χ3v) is 3.17. The van der Waals surface area contributed by atoms with Gasteiger partial charge < -0.3 is 4.74 Å². The second kappa shape index (κ2) is 5.88. The van der Waals surface area contributed by atoms with Crippen molar-refractivity contribution in [3.05, 3.63) is 46.2 Å². The first-order valence-corrected chi connectivity index (χ1v) is 6.43. The van der Waals surface area contributed by atoms with E-state index in [0.29, 0.717) is 17.0 Å². The van der Waals surface area contributed by atoms with E-state index in [-0.39, 0.29) is 17.9 Å². The molecule has 20 heavy (non-hydrogen) atoms. The maximum absolute atomic E-state index is 11.7. The maximum Gasteiger partial charge on any atom is 0.359 e. The lowest BCUT2D eigenvalue weighted by atomic mass is 10.2. The van der Waals surface area contributed by atoms with E-state index in [9.17, 15) is 9.59 Å². The largest absolute Gasteiger partial charge is 0.461 e. The third-order valence-electron chi connectivity index (χ3n) is 2.76. The highest BCUT2D eigenvalue weighted by Gasteiger charge is 2.18. The third kappa shape index (κ3) is 2.72. The molecule has 0 atom stereocenters. The van der Waals surface area contributed by atoms with E-state index in [4.69, 9.17) is 16.3 Å². The summed E-state index contributed by atoms with van der Waals surface area (Å²) in [6.45, 7) is 3.80. The van der Waals surface area contributed by atoms with E-state index in [0.717, 1.165) is 5.56 Å². The number of carbonyl (C=O) groups excluding carboxylic acids is 2. The minimum absolute atomic E-state index is 0.00134. The van der Waals surface area contributed by atoms with Crippen LogP contribution >= 0.6 is 11.6 Å². The number of nitrogens with zero attached hydrogens (tertiary/aromatic N) is 2. The molecule has 104 valence electrons. The Morgan fingerprint density at radius 1 is 1.50 bits per heavy atom. The summed E-state index contributed by atoms with van der Waals surface area (Å²) in [6.07, 6.45) is 2.05. The number of carbonyl (C=O) groups is 2. The molecular formula is C14H13ClN2O3. The van der Waals surface area contributed by atoms with Crippen LogP contribution in [0.4, 0.5) is 0 Å². The molecule has 0 N–H and O–H groups in total. The predicted octanol–water partition coefficient (Wildman–Crippen LogP) is 2.82. The van der Waals surface area contributed by atoms with E-state index < -0.39 is 5.97 Å². The average Bonchev–Trinajstić information content (AvgIpc) is 2.86. The van der Waals surface area contributed by atoms with Crippen molar-refractivity contribution >= 4 is 23.9 Å². The highest BCUT2D eigenvalue weighted by Crippen LogP contribution is 2.20. The number of rotatable bonds is 4. The predicted molar refractivity (Wildman–Crippen MR) is 74.7 cm³/mol. The number of aldehydes is 1. The fourth-order valence-electron chi connectivity index (χ4n) is 1.69. The van der Waals surface area contributed by atoms with E-state index in [1.54, 1.807) is 19.1 Å². The Morgan fingerprint density at radius 2 is 2.25 bits per heavy atom. The number of halogens is 1. The van der Waals surface area contributed by atoms with Gasteiger partial charge in [-0.3, -0.25) is 4.79 Å². The zero-order valence-electron chi connectivity index (χ0n) is 11.1. The molecule has 0 fully saturated rings. The van der Waals surface area contributed by atoms with Crippen molar-refractivity contribution in [1.82, 2.24) is 9.78 Å². The molecule has 2 aromatic rings. The van der Waals surface area contributed by atoms with Gasteiger partial charge in [-0.05, 0) is 31.5 Å². The van der Waals surface area contributed by atoms with Crippen LogP contribution in [0.2, 0.25) is 5.02 Å². The highest BCUT2D eigenvalue weighted by molar-refractivity contribution is 6.31. The van der Waals surface area contributed by atoms with Crippen molar-refractivity contribution < 1.29 is 14.3 Å². The molecule has 0 radical (unpaired) electrons. The van der Waals surface area contributed by atoms with Gasteiger partial charge >= 0.3 is 5.97 Å². The highest BCUT2D eigenvalue weighted by atomic mass is 35.5. The zero-order chi connectivity index (χ0) is 14.7. The van der Waals surface area contributed by atoms with Gasteiger partial charge in [-0.2, -0.15) is 5.10 Å². The maximum atomic E-state index is 11.7. The molecule has 0 spiro atoms. The molecule has 1 aromatic carbocycles. The molecule has 5 nitrogen and oxygen atoms in total. The topological polar surface area (TPSA) is 61.2 Å². The van der Waals surface area contributed by atoms with Crippen molar-refractivity contribution in [2.24, 2.45) is 0 Å². The van der Waals surface area contributed by atoms with Gasteiger partial charge in [0.15, 0.2) is 12.0 Å². The summed E-state index contributed by atoms with van der Waals surface area (Å²) < 4.78 is 6.29. The van der Waals surface area contributed by atoms with Gasteiger partial charge in [0.2, 0.25) is 0 Å². The molecule has 0 aliphatic rings. The molecular weight excluding hydrogens is 280 g/mol. The van der Waals surface area contributed by atoms with Crippen LogP contribution in [0.5, 0.6) is 0 Å². The van der Waals surface area contributed by atoms with Gasteiger partial charge in [0.25, 0.3) is 0 Å². The molecule has 0 bridgehead atoms. The Morgan fingerprint density at radius 3 is 2.85 bits per heavy atom. The zero-order valence-corrected chi connectivity index (χ0v) is 11.8. The molecule has 1 heterocycles. The quantitative estimate of drug-likeness (QED) is 0.642. The molecule has 0 amide bonds. The second-order valence-electron chi connectivity index (χ2n) is 4.15. The van der Waals surface area contributed by atoms with Gasteiger partial charge in [0.05, 0.1) is 17.9 Å². The van der Waals surface area contributed by atoms with E-state index >= 15 is 0 Å². The molecule has 2 rings (SSSR count). The smallest absolute Gasteiger partial charge is 0.359 e. The van der Waals surface area contributed by atoms with Crippen LogP contribution in [0.25, 0.3) is 5.69 Å². The lowest BCUT2D eigenvalue weighted by Crippen LogP contribution is -2.08. The number of aromatic nitrogens is 2. The van der Waals surface area contributed by atoms with Gasteiger partial charge in [-0.1, -0.05) is 17.7 Å². The van der Waals surface area contributed by atoms with Crippen molar-refractivity contribution in [3.8, 4) is 5.69 Å². The fourth-order valence-corrected chi connectivity index (χ4v) is 1.86. The summed E-state index contributed by atoms with van der Waals surface area (Å²) in [5, 5.41) is 4.68. The Bertz CT molecular complexity index is 664. The lowest BCUT2D eigenvalue weighted by Gasteiger charge is -2.03. The second-order valence-corrected chi connectivity index (χ2v) is 4.56. The summed E-state index contributed by atoms with van der Waals surface area (Å²) in [7, 11) is 0. The lowest BCUT2D eigenvalue weighted by molar-refractivity contribution is 0.0517. The Labute approximate surface area is 121 Å². The van der Waals surface area contributed by atoms with Crippen molar-refractivity contribution in [2.45, 2.75) is 13.8 Å². The monoisotopic (exact) mass is 292 g/mol. The Kier molecular flexibility index (Phi) is 4.20. The summed E-state index contributed by atoms with van der Waals surface area (Å²) in [5.74, 6) is -0.619. The molecule has 0 saturated carbocycles. The normalized spacial score (nSPS) is 10.3. The van der Waals surface area contributed by atoms with Crippen LogP contribution in [0.3, 0.4) is 0 Å². The molecule has 0 unspecified atom stereocenters. The summed E-state index contributed by atoms with van der Waals surface area (Å²) in [6, 6.07) is 5.36. The van der Waals surface area contributed by atoms with Crippen LogP contribution in [0.1, 0.15) is 33.3 Å². The number of hydrogen-bond donors (Lipinski definition) is 0. The molecule has 0 aliphatic carbocycles. The van der Waals surface area contributed by atoms with Gasteiger partial charge in [0, 0.05) is 11.2 Å². The summed E-state index contributed by atoms with van der Waals surface area (Å²) in [4.78, 5) is 22.7. The van der Waals surface area contributed by atoms with Crippen LogP contribution in [0.15, 0.2) is 24.4 Å². The number of ether oxygens (including phenoxy) is 1. The van der Waals surface area contributed by atoms with E-state index in [2.05, 4.69) is 5.10 Å². The van der Waals surface area contributed by atoms with Crippen LogP contribution in [-0.2, 0) is 4.74 Å². The number of hydrogen-bond acceptors (Lipinski definition) is 4. The van der Waals surface area contributed by atoms with Crippen molar-refractivity contribution in [1.29, 1.82) is 0 Å². The van der Waals surface area contributed by atoms with E-state index in [1.807, 2.05) is 13.0 Å². The number of aryl methyl sites for hydroxylation is 1. The molecule has 0 saturated heterocycles. The first-order chi connectivity index (χ1) is 9.56. The van der Waals surface area contributed by atoms with Crippen molar-refractivity contribution in [3.63, 3.8) is 0 Å². The van der Waals surface area contributed by atoms with Crippen LogP contribution in [0, 0.1) is 6.92 Å². The van der Waals surface area contributed by atoms with Crippen LogP contribution in [-0.4, -0.2) is 28.6 Å². The summed E-state index contributed by atoms with van der Waals surface area (Å²) in [5.41, 5.74) is 1.78. The summed E-state index contributed by atoms with van der Waals surface area (Å²) >= 11 is 6.05. The first-order valence-electron chi connectivity index (χ1n) is 6.05. The number of benzene rings is 1. The first kappa shape index (κ1) is 14.3. The van der Waals surface area contributed by atoms with Crippen LogP contribution < -0.4 is 0 Å². The molecule has 1 aromatic heterocycles. The van der Waals surface area contributed by atoms with Gasteiger partial charge in [0.1, 0.15) is 0 Å². The fraction of sp³-hybridized carbons (Fsp3) is 0.214. The van der Waals surface area contributed by atoms with Crippen molar-refractivity contribution in [2.75, 3.05) is 6.61 Å². The van der Waals surface area contributed by atoms with Gasteiger partial charge in [-0.25, -0.2) is 9.48 Å². The minimum Gasteiger partial charge on any atom is -0.461 e. The average molecular weight is 293 g/mol. The number of esters is 1. The minimum atomic E-state index is -0.619. The van der Waals surface area contributed by atoms with Gasteiger partial charge in [-0.15, -0.1) is 0 Å². The standard InChI is InChI=1S/C14H13ClN2O3/c1-3-20-14(19)13-10(8-18)7-17(16-13)11-5-4-9(2)12(15)6-11/h4-8H,3H2,1-2H3. The molecule has 6 heteroatoms. The SMILES string of the molecule is CCOC(=O)c1nn(-c2ccc(C)c(Cl)c2)cc1C=O. The Balaban J connectivity index is 2.45. The van der Waals surface area contributed by atoms with E-state index in [1.165, 1.54) is 10.9 Å².